The first kappa shape index (κ1) is 21.8. The summed E-state index contributed by atoms with van der Waals surface area (Å²) in [4.78, 5) is 31.8. The van der Waals surface area contributed by atoms with Crippen molar-refractivity contribution < 1.29 is 14.0 Å². The summed E-state index contributed by atoms with van der Waals surface area (Å²) >= 11 is 0. The highest BCUT2D eigenvalue weighted by Crippen LogP contribution is 2.38. The number of nitrogens with zero attached hydrogens (tertiary/aromatic N) is 1. The summed E-state index contributed by atoms with van der Waals surface area (Å²) in [5.41, 5.74) is 2.29. The second-order valence-corrected chi connectivity index (χ2v) is 8.62. The number of furan rings is 1. The van der Waals surface area contributed by atoms with E-state index < -0.39 is 0 Å². The zero-order valence-electron chi connectivity index (χ0n) is 18.9. The fourth-order valence-corrected chi connectivity index (χ4v) is 4.57. The molecule has 1 aliphatic carbocycles. The van der Waals surface area contributed by atoms with Crippen molar-refractivity contribution >= 4 is 17.5 Å². The predicted molar refractivity (Wildman–Crippen MR) is 132 cm³/mol. The van der Waals surface area contributed by atoms with Crippen LogP contribution in [0.25, 0.3) is 11.3 Å². The average molecular weight is 451 g/mol. The monoisotopic (exact) mass is 450 g/mol. The maximum absolute atomic E-state index is 13.8. The topological polar surface area (TPSA) is 72.2 Å². The molecule has 2 aromatic heterocycles. The van der Waals surface area contributed by atoms with Crippen molar-refractivity contribution in [3.8, 4) is 11.3 Å². The molecule has 170 valence electrons. The van der Waals surface area contributed by atoms with Gasteiger partial charge in [-0.1, -0.05) is 79.9 Å². The van der Waals surface area contributed by atoms with Gasteiger partial charge in [-0.3, -0.25) is 14.6 Å². The maximum atomic E-state index is 13.8. The van der Waals surface area contributed by atoms with Crippen LogP contribution >= 0.6 is 0 Å². The number of hydrogen-bond donors (Lipinski definition) is 1. The maximum Gasteiger partial charge on any atom is 0.205 e. The number of nitrogens with one attached hydrogen (secondary N) is 1. The third-order valence-corrected chi connectivity index (χ3v) is 6.32. The second kappa shape index (κ2) is 9.87. The molecule has 0 aliphatic heterocycles. The highest BCUT2D eigenvalue weighted by atomic mass is 16.4. The molecule has 0 amide bonds. The lowest BCUT2D eigenvalue weighted by Crippen LogP contribution is -2.23. The fourth-order valence-electron chi connectivity index (χ4n) is 4.57. The molecule has 0 atom stereocenters. The van der Waals surface area contributed by atoms with Crippen LogP contribution in [0.5, 0.6) is 0 Å². The molecule has 1 aliphatic rings. The van der Waals surface area contributed by atoms with E-state index in [1.165, 1.54) is 6.42 Å². The molecular weight excluding hydrogens is 424 g/mol. The zero-order chi connectivity index (χ0) is 23.3. The van der Waals surface area contributed by atoms with E-state index >= 15 is 0 Å². The minimum atomic E-state index is -0.243. The van der Waals surface area contributed by atoms with Crippen LogP contribution in [0.2, 0.25) is 0 Å². The van der Waals surface area contributed by atoms with Crippen LogP contribution in [0.4, 0.5) is 5.88 Å². The Kier molecular flexibility index (Phi) is 6.34. The number of aromatic nitrogens is 1. The molecule has 0 unspecified atom stereocenters. The van der Waals surface area contributed by atoms with Crippen LogP contribution < -0.4 is 5.32 Å². The zero-order valence-corrected chi connectivity index (χ0v) is 18.9. The number of anilines is 1. The van der Waals surface area contributed by atoms with Crippen molar-refractivity contribution in [2.24, 2.45) is 0 Å². The van der Waals surface area contributed by atoms with Gasteiger partial charge in [0, 0.05) is 35.1 Å². The van der Waals surface area contributed by atoms with Gasteiger partial charge in [0.2, 0.25) is 5.88 Å². The molecule has 5 nitrogen and oxygen atoms in total. The molecule has 0 spiro atoms. The number of pyridine rings is 1. The first-order valence-electron chi connectivity index (χ1n) is 11.8. The van der Waals surface area contributed by atoms with Gasteiger partial charge in [-0.2, -0.15) is 0 Å². The molecule has 1 N–H and O–H groups in total. The third kappa shape index (κ3) is 4.42. The Hall–Kier alpha value is -3.99. The van der Waals surface area contributed by atoms with E-state index in [4.69, 9.17) is 4.42 Å². The summed E-state index contributed by atoms with van der Waals surface area (Å²) in [5.74, 6) is 0.273. The first-order chi connectivity index (χ1) is 16.7. The Morgan fingerprint density at radius 1 is 0.735 bits per heavy atom. The molecule has 1 fully saturated rings. The number of ketones is 2. The first-order valence-corrected chi connectivity index (χ1v) is 11.8. The lowest BCUT2D eigenvalue weighted by molar-refractivity contribution is 0.100. The summed E-state index contributed by atoms with van der Waals surface area (Å²) in [5, 5.41) is 3.48. The molecule has 0 bridgehead atoms. The van der Waals surface area contributed by atoms with Crippen LogP contribution in [0.3, 0.4) is 0 Å². The summed E-state index contributed by atoms with van der Waals surface area (Å²) < 4.78 is 6.34. The molecule has 2 heterocycles. The van der Waals surface area contributed by atoms with Crippen molar-refractivity contribution in [3.63, 3.8) is 0 Å². The van der Waals surface area contributed by atoms with Crippen LogP contribution in [0.1, 0.15) is 63.9 Å². The molecule has 4 aromatic rings. The molecule has 0 saturated heterocycles. The highest BCUT2D eigenvalue weighted by Gasteiger charge is 2.33. The van der Waals surface area contributed by atoms with E-state index in [-0.39, 0.29) is 28.7 Å². The molecule has 2 aromatic carbocycles. The Morgan fingerprint density at radius 2 is 1.29 bits per heavy atom. The van der Waals surface area contributed by atoms with Gasteiger partial charge in [0.25, 0.3) is 0 Å². The number of rotatable bonds is 7. The summed E-state index contributed by atoms with van der Waals surface area (Å²) in [7, 11) is 0. The van der Waals surface area contributed by atoms with Gasteiger partial charge in [-0.15, -0.1) is 0 Å². The largest absolute Gasteiger partial charge is 0.439 e. The van der Waals surface area contributed by atoms with E-state index in [9.17, 15) is 9.59 Å². The molecule has 34 heavy (non-hydrogen) atoms. The second-order valence-electron chi connectivity index (χ2n) is 8.62. The van der Waals surface area contributed by atoms with E-state index in [0.29, 0.717) is 28.3 Å². The number of hydrogen-bond acceptors (Lipinski definition) is 5. The fraction of sp³-hybridized carbons (Fsp3) is 0.207. The van der Waals surface area contributed by atoms with Crippen molar-refractivity contribution in [1.29, 1.82) is 0 Å². The Labute approximate surface area is 198 Å². The normalized spacial score (nSPS) is 14.0. The van der Waals surface area contributed by atoms with Gasteiger partial charge in [0.15, 0.2) is 11.6 Å². The molecular formula is C29H26N2O3. The molecule has 5 heteroatoms. The highest BCUT2D eigenvalue weighted by molar-refractivity contribution is 6.24. The van der Waals surface area contributed by atoms with Crippen LogP contribution in [-0.4, -0.2) is 22.6 Å². The van der Waals surface area contributed by atoms with E-state index in [1.807, 2.05) is 36.4 Å². The molecule has 1 saturated carbocycles. The van der Waals surface area contributed by atoms with Gasteiger partial charge in [0.1, 0.15) is 5.76 Å². The number of carbonyl (C=O) groups is 2. The van der Waals surface area contributed by atoms with Gasteiger partial charge in [-0.25, -0.2) is 0 Å². The smallest absolute Gasteiger partial charge is 0.205 e. The van der Waals surface area contributed by atoms with Gasteiger partial charge < -0.3 is 9.73 Å². The SMILES string of the molecule is O=C(c1ccccc1)c1c(NC2CCCCC2)oc(-c2ccncc2)c1C(=O)c1ccccc1. The van der Waals surface area contributed by atoms with E-state index in [2.05, 4.69) is 10.3 Å². The van der Waals surface area contributed by atoms with Crippen LogP contribution in [0, 0.1) is 0 Å². The molecule has 5 rings (SSSR count). The minimum absolute atomic E-state index is 0.201. The van der Waals surface area contributed by atoms with E-state index in [0.717, 1.165) is 25.7 Å². The summed E-state index contributed by atoms with van der Waals surface area (Å²) in [6.45, 7) is 0. The number of carbonyl (C=O) groups excluding carboxylic acids is 2. The van der Waals surface area contributed by atoms with E-state index in [1.54, 1.807) is 48.8 Å². The van der Waals surface area contributed by atoms with Crippen molar-refractivity contribution in [2.75, 3.05) is 5.32 Å². The van der Waals surface area contributed by atoms with Crippen LogP contribution in [-0.2, 0) is 0 Å². The Morgan fingerprint density at radius 3 is 1.88 bits per heavy atom. The van der Waals surface area contributed by atoms with Crippen LogP contribution in [0.15, 0.2) is 89.6 Å². The molecule has 0 radical (unpaired) electrons. The predicted octanol–water partition coefficient (Wildman–Crippen LogP) is 6.55. The summed E-state index contributed by atoms with van der Waals surface area (Å²) in [6.07, 6.45) is 8.80. The average Bonchev–Trinajstić information content (AvgIpc) is 3.28. The Balaban J connectivity index is 1.71. The van der Waals surface area contributed by atoms with Gasteiger partial charge >= 0.3 is 0 Å². The van der Waals surface area contributed by atoms with Crippen molar-refractivity contribution in [2.45, 2.75) is 38.1 Å². The number of benzene rings is 2. The summed E-state index contributed by atoms with van der Waals surface area (Å²) in [6, 6.07) is 21.9. The third-order valence-electron chi connectivity index (χ3n) is 6.32. The van der Waals surface area contributed by atoms with Crippen molar-refractivity contribution in [1.82, 2.24) is 4.98 Å². The standard InChI is InChI=1S/C29H26N2O3/c32-26(20-10-4-1-5-11-20)24-25(27(33)21-12-6-2-7-13-21)29(31-23-14-8-3-9-15-23)34-28(24)22-16-18-30-19-17-22/h1-2,4-7,10-13,16-19,23,31H,3,8-9,14-15H2. The van der Waals surface area contributed by atoms with Crippen molar-refractivity contribution in [3.05, 3.63) is 107 Å². The van der Waals surface area contributed by atoms with Gasteiger partial charge in [-0.05, 0) is 25.0 Å². The Bertz CT molecular complexity index is 1280. The lowest BCUT2D eigenvalue weighted by Gasteiger charge is -2.23. The lowest BCUT2D eigenvalue weighted by atomic mass is 9.92. The minimum Gasteiger partial charge on any atom is -0.439 e. The quantitative estimate of drug-likeness (QED) is 0.323. The van der Waals surface area contributed by atoms with Gasteiger partial charge in [0.05, 0.1) is 11.1 Å².